The van der Waals surface area contributed by atoms with Crippen LogP contribution >= 0.6 is 24.8 Å². The highest BCUT2D eigenvalue weighted by Gasteiger charge is 2.22. The van der Waals surface area contributed by atoms with Gasteiger partial charge in [0.15, 0.2) is 0 Å². The van der Waals surface area contributed by atoms with Crippen molar-refractivity contribution in [2.24, 2.45) is 5.73 Å². The Kier molecular flexibility index (Phi) is 8.82. The van der Waals surface area contributed by atoms with E-state index in [1.807, 2.05) is 56.3 Å². The zero-order valence-electron chi connectivity index (χ0n) is 16.0. The minimum Gasteiger partial charge on any atom is -0.350 e. The number of nitrogens with two attached hydrogens (primary N) is 1. The number of nitrogens with one attached hydrogen (secondary N) is 1. The Balaban J connectivity index is 0.00000196. The molecule has 1 amide bonds. The molecule has 0 aliphatic heterocycles. The number of hydrogen-bond acceptors (Lipinski definition) is 4. The molecule has 3 N–H and O–H groups in total. The zero-order valence-corrected chi connectivity index (χ0v) is 17.6. The molecule has 0 saturated carbocycles. The number of benzene rings is 1. The number of halogens is 2. The Labute approximate surface area is 178 Å². The summed E-state index contributed by atoms with van der Waals surface area (Å²) in [6.45, 7) is 4.52. The molecule has 3 rings (SSSR count). The summed E-state index contributed by atoms with van der Waals surface area (Å²) in [6.07, 6.45) is 5.08. The maximum atomic E-state index is 12.9. The number of pyridine rings is 2. The van der Waals surface area contributed by atoms with Gasteiger partial charge in [0.05, 0.1) is 16.8 Å². The number of carbonyl (C=O) groups is 1. The van der Waals surface area contributed by atoms with Crippen LogP contribution in [-0.2, 0) is 0 Å². The van der Waals surface area contributed by atoms with Gasteiger partial charge in [0.2, 0.25) is 0 Å². The van der Waals surface area contributed by atoms with Crippen molar-refractivity contribution < 1.29 is 4.79 Å². The molecule has 0 aliphatic rings. The Morgan fingerprint density at radius 3 is 2.46 bits per heavy atom. The highest BCUT2D eigenvalue weighted by Crippen LogP contribution is 2.24. The third-order valence-corrected chi connectivity index (χ3v) is 4.93. The van der Waals surface area contributed by atoms with Gasteiger partial charge < -0.3 is 11.1 Å². The van der Waals surface area contributed by atoms with E-state index in [0.29, 0.717) is 12.1 Å². The largest absolute Gasteiger partial charge is 0.350 e. The van der Waals surface area contributed by atoms with Gasteiger partial charge in [0.1, 0.15) is 0 Å². The SMILES string of the molecule is CCC(N)(CC)CNC(=O)c1cc(-c2cccnc2)nc2ccccc12.Cl.Cl. The first-order valence-electron chi connectivity index (χ1n) is 8.93. The maximum Gasteiger partial charge on any atom is 0.252 e. The normalized spacial score (nSPS) is 10.7. The monoisotopic (exact) mass is 420 g/mol. The van der Waals surface area contributed by atoms with Gasteiger partial charge in [-0.3, -0.25) is 9.78 Å². The molecule has 0 spiro atoms. The van der Waals surface area contributed by atoms with Gasteiger partial charge in [-0.1, -0.05) is 32.0 Å². The van der Waals surface area contributed by atoms with Crippen LogP contribution in [0.1, 0.15) is 37.0 Å². The molecule has 28 heavy (non-hydrogen) atoms. The summed E-state index contributed by atoms with van der Waals surface area (Å²) < 4.78 is 0. The van der Waals surface area contributed by atoms with E-state index in [9.17, 15) is 4.79 Å². The third-order valence-electron chi connectivity index (χ3n) is 4.93. The fourth-order valence-electron chi connectivity index (χ4n) is 2.88. The number of fused-ring (bicyclic) bond motifs is 1. The van der Waals surface area contributed by atoms with Gasteiger partial charge in [-0.15, -0.1) is 24.8 Å². The lowest BCUT2D eigenvalue weighted by molar-refractivity contribution is 0.0944. The molecule has 7 heteroatoms. The Hall–Kier alpha value is -2.21. The third kappa shape index (κ3) is 5.19. The summed E-state index contributed by atoms with van der Waals surface area (Å²) in [5, 5.41) is 3.83. The second-order valence-corrected chi connectivity index (χ2v) is 6.57. The Morgan fingerprint density at radius 2 is 1.82 bits per heavy atom. The van der Waals surface area contributed by atoms with Gasteiger partial charge in [-0.2, -0.15) is 0 Å². The highest BCUT2D eigenvalue weighted by molar-refractivity contribution is 6.07. The first-order chi connectivity index (χ1) is 12.6. The van der Waals surface area contributed by atoms with Gasteiger partial charge in [-0.25, -0.2) is 4.98 Å². The van der Waals surface area contributed by atoms with Crippen LogP contribution in [0, 0.1) is 0 Å². The summed E-state index contributed by atoms with van der Waals surface area (Å²) in [4.78, 5) is 21.7. The van der Waals surface area contributed by atoms with Crippen molar-refractivity contribution in [3.05, 3.63) is 60.4 Å². The van der Waals surface area contributed by atoms with E-state index in [1.165, 1.54) is 0 Å². The molecule has 0 atom stereocenters. The van der Waals surface area contributed by atoms with Crippen LogP contribution in [-0.4, -0.2) is 28.0 Å². The average molecular weight is 421 g/mol. The van der Waals surface area contributed by atoms with Crippen molar-refractivity contribution in [1.29, 1.82) is 0 Å². The smallest absolute Gasteiger partial charge is 0.252 e. The lowest BCUT2D eigenvalue weighted by atomic mass is 9.94. The molecule has 0 unspecified atom stereocenters. The summed E-state index contributed by atoms with van der Waals surface area (Å²) in [7, 11) is 0. The van der Waals surface area contributed by atoms with Crippen LogP contribution in [0.25, 0.3) is 22.2 Å². The number of para-hydroxylation sites is 1. The van der Waals surface area contributed by atoms with Gasteiger partial charge >= 0.3 is 0 Å². The number of carbonyl (C=O) groups excluding carboxylic acids is 1. The van der Waals surface area contributed by atoms with E-state index in [4.69, 9.17) is 5.73 Å². The molecule has 5 nitrogen and oxygen atoms in total. The van der Waals surface area contributed by atoms with E-state index < -0.39 is 0 Å². The Morgan fingerprint density at radius 1 is 1.11 bits per heavy atom. The number of nitrogens with zero attached hydrogens (tertiary/aromatic N) is 2. The molecule has 0 radical (unpaired) electrons. The number of rotatable bonds is 6. The van der Waals surface area contributed by atoms with Crippen LogP contribution in [0.15, 0.2) is 54.9 Å². The van der Waals surface area contributed by atoms with Crippen molar-refractivity contribution in [1.82, 2.24) is 15.3 Å². The zero-order chi connectivity index (χ0) is 18.6. The van der Waals surface area contributed by atoms with Crippen molar-refractivity contribution in [2.45, 2.75) is 32.2 Å². The van der Waals surface area contributed by atoms with E-state index in [-0.39, 0.29) is 36.3 Å². The molecule has 3 aromatic rings. The molecule has 0 saturated heterocycles. The van der Waals surface area contributed by atoms with Crippen LogP contribution in [0.4, 0.5) is 0 Å². The summed E-state index contributed by atoms with van der Waals surface area (Å²) in [5.41, 5.74) is 8.93. The molecule has 0 aliphatic carbocycles. The molecule has 2 aromatic heterocycles. The first-order valence-corrected chi connectivity index (χ1v) is 8.93. The molecule has 2 heterocycles. The van der Waals surface area contributed by atoms with Crippen molar-refractivity contribution in [3.8, 4) is 11.3 Å². The van der Waals surface area contributed by atoms with Gasteiger partial charge in [-0.05, 0) is 37.1 Å². The molecular weight excluding hydrogens is 395 g/mol. The number of aromatic nitrogens is 2. The highest BCUT2D eigenvalue weighted by atomic mass is 35.5. The van der Waals surface area contributed by atoms with Crippen LogP contribution in [0.2, 0.25) is 0 Å². The predicted molar refractivity (Wildman–Crippen MR) is 119 cm³/mol. The lowest BCUT2D eigenvalue weighted by Crippen LogP contribution is -2.49. The van der Waals surface area contributed by atoms with E-state index in [1.54, 1.807) is 12.4 Å². The fraction of sp³-hybridized carbons (Fsp3) is 0.286. The van der Waals surface area contributed by atoms with Crippen LogP contribution in [0.3, 0.4) is 0 Å². The number of amides is 1. The lowest BCUT2D eigenvalue weighted by Gasteiger charge is -2.27. The maximum absolute atomic E-state index is 12.9. The van der Waals surface area contributed by atoms with Crippen molar-refractivity contribution >= 4 is 41.6 Å². The van der Waals surface area contributed by atoms with Gasteiger partial charge in [0.25, 0.3) is 5.91 Å². The minimum absolute atomic E-state index is 0. The van der Waals surface area contributed by atoms with Crippen molar-refractivity contribution in [2.75, 3.05) is 6.54 Å². The van der Waals surface area contributed by atoms with E-state index in [2.05, 4.69) is 15.3 Å². The molecular formula is C21H26Cl2N4O. The molecule has 0 fully saturated rings. The summed E-state index contributed by atoms with van der Waals surface area (Å²) >= 11 is 0. The molecule has 150 valence electrons. The van der Waals surface area contributed by atoms with Crippen LogP contribution in [0.5, 0.6) is 0 Å². The standard InChI is InChI=1S/C21H24N4O.2ClH/c1-3-21(22,4-2)14-24-20(26)17-12-19(15-8-7-11-23-13-15)25-18-10-6-5-9-16(17)18;;/h5-13H,3-4,14,22H2,1-2H3,(H,24,26);2*1H. The number of hydrogen-bond donors (Lipinski definition) is 2. The summed E-state index contributed by atoms with van der Waals surface area (Å²) in [6, 6.07) is 13.3. The van der Waals surface area contributed by atoms with Crippen LogP contribution < -0.4 is 11.1 Å². The predicted octanol–water partition coefficient (Wildman–Crippen LogP) is 4.39. The topological polar surface area (TPSA) is 80.9 Å². The molecule has 1 aromatic carbocycles. The van der Waals surface area contributed by atoms with Crippen molar-refractivity contribution in [3.63, 3.8) is 0 Å². The fourth-order valence-corrected chi connectivity index (χ4v) is 2.88. The van der Waals surface area contributed by atoms with Gasteiger partial charge in [0, 0.05) is 35.4 Å². The second kappa shape index (κ2) is 10.4. The van der Waals surface area contributed by atoms with E-state index >= 15 is 0 Å². The second-order valence-electron chi connectivity index (χ2n) is 6.57. The minimum atomic E-state index is -0.384. The Bertz CT molecular complexity index is 915. The van der Waals surface area contributed by atoms with E-state index in [0.717, 1.165) is 35.0 Å². The summed E-state index contributed by atoms with van der Waals surface area (Å²) in [5.74, 6) is -0.134. The quantitative estimate of drug-likeness (QED) is 0.619. The average Bonchev–Trinajstić information content (AvgIpc) is 2.71. The molecule has 0 bridgehead atoms. The first kappa shape index (κ1) is 23.8.